The van der Waals surface area contributed by atoms with Gasteiger partial charge in [0.1, 0.15) is 5.82 Å². The van der Waals surface area contributed by atoms with Crippen LogP contribution in [-0.4, -0.2) is 45.7 Å². The smallest absolute Gasteiger partial charge is 0.253 e. The highest BCUT2D eigenvalue weighted by atomic mass is 19.1. The molecule has 1 aromatic rings. The molecule has 0 atom stereocenters. The lowest BCUT2D eigenvalue weighted by Gasteiger charge is -2.10. The first-order valence-corrected chi connectivity index (χ1v) is 6.60. The zero-order valence-corrected chi connectivity index (χ0v) is 12.2. The number of benzene rings is 1. The zero-order chi connectivity index (χ0) is 15.7. The lowest BCUT2D eigenvalue weighted by Crippen LogP contribution is -2.32. The first-order chi connectivity index (χ1) is 10.1. The standard InChI is InChI=1S/C14H20FN3O3/c1-16-13-10(4-3-5-11(13)15)14(20)18-7-6-12(19)17-8-9-21-2/h3-5,16H,6-9H2,1-2H3,(H,17,19)(H,18,20). The predicted octanol–water partition coefficient (Wildman–Crippen LogP) is 0.750. The minimum atomic E-state index is -0.498. The van der Waals surface area contributed by atoms with Gasteiger partial charge in [0, 0.05) is 33.7 Å². The third kappa shape index (κ3) is 5.39. The number of rotatable bonds is 8. The molecule has 0 fully saturated rings. The van der Waals surface area contributed by atoms with E-state index < -0.39 is 11.7 Å². The summed E-state index contributed by atoms with van der Waals surface area (Å²) in [7, 11) is 3.09. The van der Waals surface area contributed by atoms with Crippen LogP contribution in [0.15, 0.2) is 18.2 Å². The highest BCUT2D eigenvalue weighted by Gasteiger charge is 2.13. The van der Waals surface area contributed by atoms with E-state index in [9.17, 15) is 14.0 Å². The Kier molecular flexibility index (Phi) is 7.17. The maximum atomic E-state index is 13.5. The van der Waals surface area contributed by atoms with E-state index >= 15 is 0 Å². The van der Waals surface area contributed by atoms with Crippen molar-refractivity contribution in [2.45, 2.75) is 6.42 Å². The van der Waals surface area contributed by atoms with E-state index in [1.807, 2.05) is 0 Å². The third-order valence-electron chi connectivity index (χ3n) is 2.77. The molecule has 21 heavy (non-hydrogen) atoms. The SMILES string of the molecule is CNc1c(F)cccc1C(=O)NCCC(=O)NCCOC. The fourth-order valence-corrected chi connectivity index (χ4v) is 1.73. The molecule has 3 N–H and O–H groups in total. The number of carbonyl (C=O) groups excluding carboxylic acids is 2. The van der Waals surface area contributed by atoms with Crippen LogP contribution < -0.4 is 16.0 Å². The molecule has 0 saturated carbocycles. The average Bonchev–Trinajstić information content (AvgIpc) is 2.47. The maximum Gasteiger partial charge on any atom is 0.253 e. The molecule has 1 aromatic carbocycles. The van der Waals surface area contributed by atoms with Gasteiger partial charge < -0.3 is 20.7 Å². The van der Waals surface area contributed by atoms with E-state index in [2.05, 4.69) is 16.0 Å². The van der Waals surface area contributed by atoms with Crippen molar-refractivity contribution in [2.75, 3.05) is 39.2 Å². The van der Waals surface area contributed by atoms with E-state index in [-0.39, 0.29) is 30.1 Å². The lowest BCUT2D eigenvalue weighted by atomic mass is 10.1. The summed E-state index contributed by atoms with van der Waals surface area (Å²) in [6.45, 7) is 1.04. The van der Waals surface area contributed by atoms with E-state index in [0.29, 0.717) is 13.2 Å². The number of hydrogen-bond donors (Lipinski definition) is 3. The molecule has 0 aliphatic rings. The van der Waals surface area contributed by atoms with Gasteiger partial charge in [0.05, 0.1) is 17.9 Å². The molecule has 0 radical (unpaired) electrons. The van der Waals surface area contributed by atoms with Gasteiger partial charge in [-0.25, -0.2) is 4.39 Å². The summed E-state index contributed by atoms with van der Waals surface area (Å²) in [6, 6.07) is 4.25. The Morgan fingerprint density at radius 3 is 2.67 bits per heavy atom. The molecular weight excluding hydrogens is 277 g/mol. The molecule has 6 nitrogen and oxygen atoms in total. The van der Waals surface area contributed by atoms with Crippen LogP contribution in [-0.2, 0) is 9.53 Å². The summed E-state index contributed by atoms with van der Waals surface area (Å²) in [4.78, 5) is 23.4. The maximum absolute atomic E-state index is 13.5. The van der Waals surface area contributed by atoms with Crippen molar-refractivity contribution in [1.29, 1.82) is 0 Å². The molecule has 0 heterocycles. The van der Waals surface area contributed by atoms with Gasteiger partial charge in [-0.15, -0.1) is 0 Å². The Bertz CT molecular complexity index is 494. The second kappa shape index (κ2) is 8.91. The van der Waals surface area contributed by atoms with E-state index in [1.165, 1.54) is 18.2 Å². The molecule has 0 saturated heterocycles. The summed E-state index contributed by atoms with van der Waals surface area (Å²) in [6.07, 6.45) is 0.152. The largest absolute Gasteiger partial charge is 0.385 e. The van der Waals surface area contributed by atoms with Crippen LogP contribution in [0.2, 0.25) is 0 Å². The van der Waals surface area contributed by atoms with Crippen molar-refractivity contribution >= 4 is 17.5 Å². The summed E-state index contributed by atoms with van der Waals surface area (Å²) in [5, 5.41) is 7.87. The van der Waals surface area contributed by atoms with Crippen LogP contribution in [0.4, 0.5) is 10.1 Å². The number of hydrogen-bond acceptors (Lipinski definition) is 4. The Hall–Kier alpha value is -2.15. The minimum Gasteiger partial charge on any atom is -0.385 e. The van der Waals surface area contributed by atoms with Gasteiger partial charge in [0.15, 0.2) is 0 Å². The molecule has 0 aliphatic carbocycles. The Balaban J connectivity index is 2.44. The van der Waals surface area contributed by atoms with Gasteiger partial charge in [-0.1, -0.05) is 6.07 Å². The summed E-state index contributed by atoms with van der Waals surface area (Å²) in [5.41, 5.74) is 0.344. The second-order valence-corrected chi connectivity index (χ2v) is 4.26. The summed E-state index contributed by atoms with van der Waals surface area (Å²) >= 11 is 0. The Morgan fingerprint density at radius 1 is 1.24 bits per heavy atom. The number of ether oxygens (including phenoxy) is 1. The average molecular weight is 297 g/mol. The number of carbonyl (C=O) groups is 2. The quantitative estimate of drug-likeness (QED) is 0.619. The molecule has 0 aromatic heterocycles. The van der Waals surface area contributed by atoms with E-state index in [4.69, 9.17) is 4.74 Å². The van der Waals surface area contributed by atoms with Crippen molar-refractivity contribution in [3.05, 3.63) is 29.6 Å². The van der Waals surface area contributed by atoms with Crippen molar-refractivity contribution in [1.82, 2.24) is 10.6 Å². The van der Waals surface area contributed by atoms with Gasteiger partial charge in [-0.2, -0.15) is 0 Å². The lowest BCUT2D eigenvalue weighted by molar-refractivity contribution is -0.121. The number of methoxy groups -OCH3 is 1. The summed E-state index contributed by atoms with van der Waals surface area (Å²) in [5.74, 6) is -1.11. The second-order valence-electron chi connectivity index (χ2n) is 4.26. The molecule has 0 aliphatic heterocycles. The summed E-state index contributed by atoms with van der Waals surface area (Å²) < 4.78 is 18.3. The number of anilines is 1. The van der Waals surface area contributed by atoms with Gasteiger partial charge in [-0.3, -0.25) is 9.59 Å². The zero-order valence-electron chi connectivity index (χ0n) is 12.2. The van der Waals surface area contributed by atoms with Gasteiger partial charge >= 0.3 is 0 Å². The molecule has 1 rings (SSSR count). The number of halogens is 1. The van der Waals surface area contributed by atoms with Gasteiger partial charge in [0.2, 0.25) is 5.91 Å². The molecule has 0 unspecified atom stereocenters. The number of para-hydroxylation sites is 1. The molecular formula is C14H20FN3O3. The molecule has 0 spiro atoms. The van der Waals surface area contributed by atoms with E-state index in [0.717, 1.165) is 0 Å². The van der Waals surface area contributed by atoms with Crippen LogP contribution in [0, 0.1) is 5.82 Å². The van der Waals surface area contributed by atoms with Crippen LogP contribution in [0.1, 0.15) is 16.8 Å². The molecule has 0 bridgehead atoms. The minimum absolute atomic E-state index is 0.138. The predicted molar refractivity (Wildman–Crippen MR) is 77.8 cm³/mol. The van der Waals surface area contributed by atoms with Crippen molar-refractivity contribution in [3.8, 4) is 0 Å². The van der Waals surface area contributed by atoms with Crippen LogP contribution in [0.3, 0.4) is 0 Å². The van der Waals surface area contributed by atoms with Crippen LogP contribution >= 0.6 is 0 Å². The Morgan fingerprint density at radius 2 is 2.00 bits per heavy atom. The first kappa shape index (κ1) is 16.9. The fourth-order valence-electron chi connectivity index (χ4n) is 1.73. The highest BCUT2D eigenvalue weighted by Crippen LogP contribution is 2.18. The highest BCUT2D eigenvalue weighted by molar-refractivity contribution is 5.99. The number of amides is 2. The monoisotopic (exact) mass is 297 g/mol. The van der Waals surface area contributed by atoms with Gasteiger partial charge in [0.25, 0.3) is 5.91 Å². The molecule has 116 valence electrons. The fraction of sp³-hybridized carbons (Fsp3) is 0.429. The van der Waals surface area contributed by atoms with Crippen molar-refractivity contribution < 1.29 is 18.7 Å². The van der Waals surface area contributed by atoms with Crippen molar-refractivity contribution in [3.63, 3.8) is 0 Å². The normalized spacial score (nSPS) is 10.0. The number of nitrogens with one attached hydrogen (secondary N) is 3. The van der Waals surface area contributed by atoms with Gasteiger partial charge in [-0.05, 0) is 12.1 Å². The van der Waals surface area contributed by atoms with Crippen LogP contribution in [0.5, 0.6) is 0 Å². The Labute approximate surface area is 123 Å². The first-order valence-electron chi connectivity index (χ1n) is 6.60. The molecule has 7 heteroatoms. The van der Waals surface area contributed by atoms with Crippen LogP contribution in [0.25, 0.3) is 0 Å². The topological polar surface area (TPSA) is 79.5 Å². The molecule has 2 amide bonds. The van der Waals surface area contributed by atoms with Crippen molar-refractivity contribution in [2.24, 2.45) is 0 Å². The third-order valence-corrected chi connectivity index (χ3v) is 2.77. The van der Waals surface area contributed by atoms with E-state index in [1.54, 1.807) is 14.2 Å².